The number of amides is 1. The van der Waals surface area contributed by atoms with Gasteiger partial charge in [0.1, 0.15) is 5.75 Å². The molecule has 0 saturated heterocycles. The molecule has 0 radical (unpaired) electrons. The van der Waals surface area contributed by atoms with Gasteiger partial charge in [0.25, 0.3) is 5.69 Å². The predicted molar refractivity (Wildman–Crippen MR) is 109 cm³/mol. The number of nitro groups is 1. The topological polar surface area (TPSA) is 112 Å². The zero-order chi connectivity index (χ0) is 21.7. The lowest BCUT2D eigenvalue weighted by Gasteiger charge is -2.17. The summed E-state index contributed by atoms with van der Waals surface area (Å²) in [6, 6.07) is 11.4. The van der Waals surface area contributed by atoms with Crippen LogP contribution in [0.4, 0.5) is 5.69 Å². The fourth-order valence-corrected chi connectivity index (χ4v) is 2.94. The Balaban J connectivity index is 1.58. The van der Waals surface area contributed by atoms with Crippen LogP contribution in [0.2, 0.25) is 5.02 Å². The molecular weight excluding hydrogens is 412 g/mol. The summed E-state index contributed by atoms with van der Waals surface area (Å²) in [5.74, 6) is 1.31. The summed E-state index contributed by atoms with van der Waals surface area (Å²) in [5.41, 5.74) is 1.20. The van der Waals surface area contributed by atoms with Crippen LogP contribution in [0.25, 0.3) is 11.4 Å². The lowest BCUT2D eigenvalue weighted by atomic mass is 10.1. The summed E-state index contributed by atoms with van der Waals surface area (Å²) in [5, 5.41) is 15.2. The minimum Gasteiger partial charge on any atom is -0.497 e. The van der Waals surface area contributed by atoms with Gasteiger partial charge in [-0.05, 0) is 35.9 Å². The Hall–Kier alpha value is -3.46. The normalized spacial score (nSPS) is 10.6. The zero-order valence-corrected chi connectivity index (χ0v) is 17.1. The van der Waals surface area contributed by atoms with Crippen molar-refractivity contribution >= 4 is 23.2 Å². The van der Waals surface area contributed by atoms with Gasteiger partial charge in [0.2, 0.25) is 17.6 Å². The van der Waals surface area contributed by atoms with Crippen molar-refractivity contribution in [3.8, 4) is 17.1 Å². The molecule has 0 unspecified atom stereocenters. The fourth-order valence-electron chi connectivity index (χ4n) is 2.76. The average molecular weight is 431 g/mol. The first-order valence-corrected chi connectivity index (χ1v) is 9.39. The smallest absolute Gasteiger partial charge is 0.269 e. The van der Waals surface area contributed by atoms with E-state index in [1.807, 2.05) is 12.1 Å². The van der Waals surface area contributed by atoms with E-state index in [1.54, 1.807) is 26.3 Å². The molecule has 1 heterocycles. The molecule has 156 valence electrons. The zero-order valence-electron chi connectivity index (χ0n) is 16.4. The molecule has 0 spiro atoms. The molecule has 10 heteroatoms. The highest BCUT2D eigenvalue weighted by Crippen LogP contribution is 2.24. The molecular formula is C20H19ClN4O5. The van der Waals surface area contributed by atoms with E-state index in [0.717, 1.165) is 11.3 Å². The number of nitro benzene ring substituents is 1. The van der Waals surface area contributed by atoms with Crippen LogP contribution < -0.4 is 4.74 Å². The standard InChI is InChI=1S/C20H19ClN4O5/c1-24(12-14-11-15(25(27)28)5-8-17(14)21)19(26)10-9-18-22-20(23-30-18)13-3-6-16(29-2)7-4-13/h3-8,11H,9-10,12H2,1-2H3. The minimum atomic E-state index is -0.502. The molecule has 30 heavy (non-hydrogen) atoms. The molecule has 3 aromatic rings. The lowest BCUT2D eigenvalue weighted by Crippen LogP contribution is -2.26. The summed E-state index contributed by atoms with van der Waals surface area (Å²) >= 11 is 6.10. The van der Waals surface area contributed by atoms with E-state index in [-0.39, 0.29) is 31.0 Å². The van der Waals surface area contributed by atoms with Crippen molar-refractivity contribution in [2.75, 3.05) is 14.2 Å². The number of benzene rings is 2. The number of hydrogen-bond donors (Lipinski definition) is 0. The van der Waals surface area contributed by atoms with Gasteiger partial charge in [0, 0.05) is 49.2 Å². The van der Waals surface area contributed by atoms with E-state index < -0.39 is 4.92 Å². The van der Waals surface area contributed by atoms with Gasteiger partial charge < -0.3 is 14.2 Å². The van der Waals surface area contributed by atoms with Crippen LogP contribution in [0.15, 0.2) is 47.0 Å². The van der Waals surface area contributed by atoms with Crippen LogP contribution in [0.5, 0.6) is 5.75 Å². The molecule has 0 bridgehead atoms. The summed E-state index contributed by atoms with van der Waals surface area (Å²) < 4.78 is 10.3. The molecule has 0 aliphatic heterocycles. The summed E-state index contributed by atoms with van der Waals surface area (Å²) in [6.45, 7) is 0.153. The fraction of sp³-hybridized carbons (Fsp3) is 0.250. The average Bonchev–Trinajstić information content (AvgIpc) is 3.22. The van der Waals surface area contributed by atoms with E-state index in [9.17, 15) is 14.9 Å². The second-order valence-electron chi connectivity index (χ2n) is 6.52. The van der Waals surface area contributed by atoms with Gasteiger partial charge in [-0.25, -0.2) is 0 Å². The van der Waals surface area contributed by atoms with Crippen molar-refractivity contribution in [1.29, 1.82) is 0 Å². The number of hydrogen-bond acceptors (Lipinski definition) is 7. The Morgan fingerprint density at radius 2 is 2.00 bits per heavy atom. The van der Waals surface area contributed by atoms with Gasteiger partial charge in [0.05, 0.1) is 12.0 Å². The highest BCUT2D eigenvalue weighted by molar-refractivity contribution is 6.31. The van der Waals surface area contributed by atoms with Crippen LogP contribution in [-0.4, -0.2) is 40.0 Å². The molecule has 2 aromatic carbocycles. The molecule has 1 amide bonds. The maximum atomic E-state index is 12.4. The molecule has 0 aliphatic carbocycles. The number of aromatic nitrogens is 2. The quantitative estimate of drug-likeness (QED) is 0.393. The van der Waals surface area contributed by atoms with Crippen LogP contribution in [0.3, 0.4) is 0 Å². The SMILES string of the molecule is COc1ccc(-c2noc(CCC(=O)N(C)Cc3cc([N+](=O)[O-])ccc3Cl)n2)cc1. The Morgan fingerprint density at radius 3 is 2.67 bits per heavy atom. The number of aryl methyl sites for hydroxylation is 1. The largest absolute Gasteiger partial charge is 0.497 e. The van der Waals surface area contributed by atoms with E-state index in [2.05, 4.69) is 10.1 Å². The van der Waals surface area contributed by atoms with Crippen molar-refractivity contribution in [3.05, 3.63) is 69.1 Å². The number of halogens is 1. The molecule has 0 atom stereocenters. The Morgan fingerprint density at radius 1 is 1.27 bits per heavy atom. The van der Waals surface area contributed by atoms with Gasteiger partial charge in [-0.15, -0.1) is 0 Å². The van der Waals surface area contributed by atoms with Crippen LogP contribution in [0.1, 0.15) is 17.9 Å². The highest BCUT2D eigenvalue weighted by Gasteiger charge is 2.16. The van der Waals surface area contributed by atoms with Gasteiger partial charge in [-0.3, -0.25) is 14.9 Å². The van der Waals surface area contributed by atoms with Crippen molar-refractivity contribution < 1.29 is 19.0 Å². The second kappa shape index (κ2) is 9.36. The highest BCUT2D eigenvalue weighted by atomic mass is 35.5. The van der Waals surface area contributed by atoms with E-state index in [1.165, 1.54) is 23.1 Å². The van der Waals surface area contributed by atoms with Crippen LogP contribution in [0, 0.1) is 10.1 Å². The number of methoxy groups -OCH3 is 1. The monoisotopic (exact) mass is 430 g/mol. The summed E-state index contributed by atoms with van der Waals surface area (Å²) in [6.07, 6.45) is 0.419. The second-order valence-corrected chi connectivity index (χ2v) is 6.93. The first-order valence-electron chi connectivity index (χ1n) is 9.01. The van der Waals surface area contributed by atoms with Crippen LogP contribution in [-0.2, 0) is 17.8 Å². The molecule has 9 nitrogen and oxygen atoms in total. The number of nitrogens with zero attached hydrogens (tertiary/aromatic N) is 4. The minimum absolute atomic E-state index is 0.0767. The van der Waals surface area contributed by atoms with Gasteiger partial charge in [-0.1, -0.05) is 16.8 Å². The summed E-state index contributed by atoms with van der Waals surface area (Å²) in [7, 11) is 3.19. The third-order valence-electron chi connectivity index (χ3n) is 4.44. The van der Waals surface area contributed by atoms with Crippen LogP contribution >= 0.6 is 11.6 Å². The number of rotatable bonds is 8. The first-order chi connectivity index (χ1) is 14.4. The van der Waals surface area contributed by atoms with Gasteiger partial charge in [-0.2, -0.15) is 4.98 Å². The van der Waals surface area contributed by atoms with Gasteiger partial charge in [0.15, 0.2) is 0 Å². The maximum absolute atomic E-state index is 12.4. The summed E-state index contributed by atoms with van der Waals surface area (Å²) in [4.78, 5) is 28.6. The number of carbonyl (C=O) groups excluding carboxylic acids is 1. The van der Waals surface area contributed by atoms with Crippen molar-refractivity contribution in [2.24, 2.45) is 0 Å². The van der Waals surface area contributed by atoms with Crippen molar-refractivity contribution in [3.63, 3.8) is 0 Å². The van der Waals surface area contributed by atoms with E-state index in [0.29, 0.717) is 22.3 Å². The van der Waals surface area contributed by atoms with Crippen molar-refractivity contribution in [1.82, 2.24) is 15.0 Å². The number of ether oxygens (including phenoxy) is 1. The number of carbonyl (C=O) groups is 1. The molecule has 1 aromatic heterocycles. The Bertz CT molecular complexity index is 1050. The van der Waals surface area contributed by atoms with Gasteiger partial charge >= 0.3 is 0 Å². The molecule has 0 aliphatic rings. The Labute approximate surface area is 177 Å². The molecule has 0 saturated carbocycles. The lowest BCUT2D eigenvalue weighted by molar-refractivity contribution is -0.384. The first kappa shape index (κ1) is 21.3. The predicted octanol–water partition coefficient (Wildman–Crippen LogP) is 3.90. The number of non-ortho nitro benzene ring substituents is 1. The van der Waals surface area contributed by atoms with Crippen molar-refractivity contribution in [2.45, 2.75) is 19.4 Å². The van der Waals surface area contributed by atoms with E-state index in [4.69, 9.17) is 20.9 Å². The third kappa shape index (κ3) is 5.12. The molecule has 0 fully saturated rings. The Kier molecular flexibility index (Phi) is 6.63. The van der Waals surface area contributed by atoms with E-state index >= 15 is 0 Å². The molecule has 0 N–H and O–H groups in total. The maximum Gasteiger partial charge on any atom is 0.269 e. The molecule has 3 rings (SSSR count). The third-order valence-corrected chi connectivity index (χ3v) is 4.81.